The molecule has 4 aromatic rings. The number of carbonyl (C=O) groups is 1. The Balaban J connectivity index is 1.49. The zero-order chi connectivity index (χ0) is 26.3. The van der Waals surface area contributed by atoms with Crippen molar-refractivity contribution in [3.63, 3.8) is 0 Å². The molecule has 0 radical (unpaired) electrons. The molecule has 0 spiro atoms. The van der Waals surface area contributed by atoms with Gasteiger partial charge < -0.3 is 0 Å². The normalized spacial score (nSPS) is 11.6. The van der Waals surface area contributed by atoms with Crippen molar-refractivity contribution in [3.05, 3.63) is 125 Å². The van der Waals surface area contributed by atoms with E-state index < -0.39 is 32.5 Å². The molecule has 6 nitrogen and oxygen atoms in total. The van der Waals surface area contributed by atoms with Crippen LogP contribution < -0.4 is 4.72 Å². The number of nitrogens with zero attached hydrogens (tertiary/aromatic N) is 2. The maximum absolute atomic E-state index is 13.5. The first kappa shape index (κ1) is 26.0. The van der Waals surface area contributed by atoms with Gasteiger partial charge in [0.1, 0.15) is 0 Å². The van der Waals surface area contributed by atoms with Crippen molar-refractivity contribution in [1.82, 2.24) is 14.5 Å². The number of hydrogen-bond acceptors (Lipinski definition) is 4. The molecule has 0 bridgehead atoms. The Morgan fingerprint density at radius 1 is 0.919 bits per heavy atom. The Labute approximate surface area is 214 Å². The number of carbonyl (C=O) groups excluding carboxylic acids is 1. The molecule has 0 fully saturated rings. The molecular weight excluding hydrogens is 496 g/mol. The highest BCUT2D eigenvalue weighted by atomic mass is 32.2. The number of aryl methyl sites for hydroxylation is 2. The van der Waals surface area contributed by atoms with E-state index in [4.69, 9.17) is 0 Å². The van der Waals surface area contributed by atoms with Crippen LogP contribution in [0.3, 0.4) is 0 Å². The molecule has 0 unspecified atom stereocenters. The van der Waals surface area contributed by atoms with E-state index in [1.54, 1.807) is 12.3 Å². The number of amides is 1. The van der Waals surface area contributed by atoms with Crippen molar-refractivity contribution in [1.29, 1.82) is 0 Å². The minimum absolute atomic E-state index is 0.526. The second-order valence-corrected chi connectivity index (χ2v) is 10.1. The quantitative estimate of drug-likeness (QED) is 0.301. The lowest BCUT2D eigenvalue weighted by molar-refractivity contribution is -0.114. The number of hydrogen-bond donors (Lipinski definition) is 1. The number of halogens is 2. The summed E-state index contributed by atoms with van der Waals surface area (Å²) in [6, 6.07) is 20.0. The predicted octanol–water partition coefficient (Wildman–Crippen LogP) is 4.90. The fraction of sp³-hybridized carbons (Fsp3) is 0.143. The topological polar surface area (TPSA) is 81.1 Å². The van der Waals surface area contributed by atoms with Gasteiger partial charge in [0.2, 0.25) is 0 Å². The monoisotopic (exact) mass is 521 g/mol. The number of rotatable bonds is 10. The third kappa shape index (κ3) is 7.20. The van der Waals surface area contributed by atoms with Gasteiger partial charge in [-0.2, -0.15) is 5.10 Å². The fourth-order valence-corrected chi connectivity index (χ4v) is 4.84. The van der Waals surface area contributed by atoms with Crippen molar-refractivity contribution < 1.29 is 22.0 Å². The Morgan fingerprint density at radius 3 is 2.46 bits per heavy atom. The third-order valence-electron chi connectivity index (χ3n) is 5.72. The molecule has 1 heterocycles. The summed E-state index contributed by atoms with van der Waals surface area (Å²) in [5, 5.41) is 4.24. The lowest BCUT2D eigenvalue weighted by Crippen LogP contribution is -2.29. The van der Waals surface area contributed by atoms with E-state index in [1.165, 1.54) is 5.56 Å². The molecule has 3 aromatic carbocycles. The molecule has 0 aliphatic rings. The van der Waals surface area contributed by atoms with Crippen LogP contribution in [0.25, 0.3) is 6.08 Å². The van der Waals surface area contributed by atoms with Crippen LogP contribution in [0.15, 0.2) is 96.2 Å². The first-order valence-electron chi connectivity index (χ1n) is 11.6. The average molecular weight is 522 g/mol. The van der Waals surface area contributed by atoms with Gasteiger partial charge >= 0.3 is 0 Å². The summed E-state index contributed by atoms with van der Waals surface area (Å²) in [5.41, 5.74) is 4.06. The molecule has 0 aliphatic heterocycles. The molecule has 4 rings (SSSR count). The van der Waals surface area contributed by atoms with E-state index >= 15 is 0 Å². The lowest BCUT2D eigenvalue weighted by Gasteiger charge is -2.11. The van der Waals surface area contributed by atoms with Gasteiger partial charge in [-0.3, -0.25) is 9.48 Å². The summed E-state index contributed by atoms with van der Waals surface area (Å²) < 4.78 is 55.1. The highest BCUT2D eigenvalue weighted by Crippen LogP contribution is 2.19. The van der Waals surface area contributed by atoms with E-state index in [2.05, 4.69) is 23.3 Å². The Bertz CT molecular complexity index is 1500. The largest absolute Gasteiger partial charge is 0.269 e. The molecule has 0 aliphatic carbocycles. The summed E-state index contributed by atoms with van der Waals surface area (Å²) in [7, 11) is -4.36. The van der Waals surface area contributed by atoms with E-state index in [1.807, 2.05) is 52.0 Å². The molecule has 1 amide bonds. The zero-order valence-corrected chi connectivity index (χ0v) is 20.7. The predicted molar refractivity (Wildman–Crippen MR) is 137 cm³/mol. The summed E-state index contributed by atoms with van der Waals surface area (Å²) in [5.74, 6) is -3.40. The van der Waals surface area contributed by atoms with Crippen LogP contribution in [0.5, 0.6) is 0 Å². The van der Waals surface area contributed by atoms with Gasteiger partial charge in [0.25, 0.3) is 15.9 Å². The standard InChI is InChI=1S/C28H25F2N3O3S/c29-26-14-13-25(19-27(26)30)37(35,36)32-28(34)15-12-23-11-10-22(20-33-17-5-16-31-33)18-24(23)9-4-8-21-6-2-1-3-7-21/h1-3,5-7,10-19H,4,8-9,20H2,(H,32,34)/b15-12+. The van der Waals surface area contributed by atoms with Gasteiger partial charge in [0.15, 0.2) is 11.6 Å². The number of nitrogens with one attached hydrogen (secondary N) is 1. The summed E-state index contributed by atoms with van der Waals surface area (Å²) in [6.45, 7) is 0.593. The maximum atomic E-state index is 13.5. The van der Waals surface area contributed by atoms with Crippen LogP contribution in [0.4, 0.5) is 8.78 Å². The van der Waals surface area contributed by atoms with Crippen LogP contribution >= 0.6 is 0 Å². The highest BCUT2D eigenvalue weighted by molar-refractivity contribution is 7.90. The first-order chi connectivity index (χ1) is 17.8. The van der Waals surface area contributed by atoms with E-state index in [0.29, 0.717) is 18.7 Å². The average Bonchev–Trinajstić information content (AvgIpc) is 3.38. The molecular formula is C28H25F2N3O3S. The van der Waals surface area contributed by atoms with Crippen LogP contribution in [0.2, 0.25) is 0 Å². The van der Waals surface area contributed by atoms with E-state index in [0.717, 1.165) is 48.1 Å². The zero-order valence-electron chi connectivity index (χ0n) is 19.8. The van der Waals surface area contributed by atoms with Gasteiger partial charge in [-0.15, -0.1) is 0 Å². The van der Waals surface area contributed by atoms with E-state index in [9.17, 15) is 22.0 Å². The van der Waals surface area contributed by atoms with Crippen molar-refractivity contribution in [2.24, 2.45) is 0 Å². The molecule has 190 valence electrons. The molecule has 9 heteroatoms. The van der Waals surface area contributed by atoms with Crippen molar-refractivity contribution >= 4 is 22.0 Å². The maximum Gasteiger partial charge on any atom is 0.264 e. The SMILES string of the molecule is O=C(/C=C/c1ccc(Cn2cccn2)cc1CCCc1ccccc1)NS(=O)(=O)c1ccc(F)c(F)c1. The van der Waals surface area contributed by atoms with Crippen molar-refractivity contribution in [2.75, 3.05) is 0 Å². The lowest BCUT2D eigenvalue weighted by atomic mass is 9.97. The smallest absolute Gasteiger partial charge is 0.264 e. The van der Waals surface area contributed by atoms with Gasteiger partial charge in [0, 0.05) is 18.5 Å². The molecule has 1 aromatic heterocycles. The van der Waals surface area contributed by atoms with Crippen LogP contribution in [0.1, 0.15) is 28.7 Å². The molecule has 1 N–H and O–H groups in total. The van der Waals surface area contributed by atoms with Crippen LogP contribution in [-0.4, -0.2) is 24.1 Å². The van der Waals surface area contributed by atoms with Gasteiger partial charge in [-0.1, -0.05) is 48.5 Å². The number of benzene rings is 3. The van der Waals surface area contributed by atoms with Crippen molar-refractivity contribution in [2.45, 2.75) is 30.7 Å². The second-order valence-electron chi connectivity index (χ2n) is 8.45. The molecule has 0 atom stereocenters. The third-order valence-corrected chi connectivity index (χ3v) is 7.06. The molecule has 0 saturated heterocycles. The van der Waals surface area contributed by atoms with Gasteiger partial charge in [0.05, 0.1) is 11.4 Å². The fourth-order valence-electron chi connectivity index (χ4n) is 3.88. The summed E-state index contributed by atoms with van der Waals surface area (Å²) in [6.07, 6.45) is 8.77. The molecule has 0 saturated carbocycles. The minimum atomic E-state index is -4.36. The van der Waals surface area contributed by atoms with E-state index in [-0.39, 0.29) is 0 Å². The summed E-state index contributed by atoms with van der Waals surface area (Å²) in [4.78, 5) is 11.8. The Kier molecular flexibility index (Phi) is 8.25. The van der Waals surface area contributed by atoms with Crippen LogP contribution in [0, 0.1) is 11.6 Å². The Morgan fingerprint density at radius 2 is 1.73 bits per heavy atom. The van der Waals surface area contributed by atoms with Crippen LogP contribution in [-0.2, 0) is 34.2 Å². The van der Waals surface area contributed by atoms with Gasteiger partial charge in [-0.05, 0) is 71.9 Å². The van der Waals surface area contributed by atoms with Gasteiger partial charge in [-0.25, -0.2) is 21.9 Å². The summed E-state index contributed by atoms with van der Waals surface area (Å²) >= 11 is 0. The minimum Gasteiger partial charge on any atom is -0.269 e. The number of aromatic nitrogens is 2. The first-order valence-corrected chi connectivity index (χ1v) is 13.1. The van der Waals surface area contributed by atoms with Crippen molar-refractivity contribution in [3.8, 4) is 0 Å². The second kappa shape index (κ2) is 11.7. The highest BCUT2D eigenvalue weighted by Gasteiger charge is 2.18. The number of sulfonamides is 1. The molecule has 37 heavy (non-hydrogen) atoms. The Hall–Kier alpha value is -4.11.